The van der Waals surface area contributed by atoms with Crippen LogP contribution in [0.4, 0.5) is 0 Å². The van der Waals surface area contributed by atoms with Crippen LogP contribution in [0.1, 0.15) is 30.1 Å². The second-order valence-electron chi connectivity index (χ2n) is 4.33. The summed E-state index contributed by atoms with van der Waals surface area (Å²) in [4.78, 5) is 9.31. The minimum absolute atomic E-state index is 0.201. The zero-order chi connectivity index (χ0) is 11.7. The van der Waals surface area contributed by atoms with Crippen molar-refractivity contribution in [1.29, 1.82) is 0 Å². The van der Waals surface area contributed by atoms with Crippen molar-refractivity contribution in [2.24, 2.45) is 0 Å². The number of nitrogens with zero attached hydrogens (tertiary/aromatic N) is 2. The second-order valence-corrected chi connectivity index (χ2v) is 4.33. The van der Waals surface area contributed by atoms with Crippen molar-refractivity contribution in [1.82, 2.24) is 9.97 Å². The molecule has 1 atom stereocenters. The first-order valence-corrected chi connectivity index (χ1v) is 5.92. The number of allylic oxidation sites excluding steroid dienone is 1. The molecule has 1 heterocycles. The van der Waals surface area contributed by atoms with Crippen LogP contribution < -0.4 is 0 Å². The first-order valence-electron chi connectivity index (χ1n) is 5.92. The number of aliphatic hydroxyl groups is 1. The molecular weight excluding hydrogens is 212 g/mol. The monoisotopic (exact) mass is 226 g/mol. The van der Waals surface area contributed by atoms with Crippen LogP contribution in [0.3, 0.4) is 0 Å². The van der Waals surface area contributed by atoms with E-state index < -0.39 is 0 Å². The number of aliphatic hydroxyl groups excluding tert-OH is 1. The molecule has 1 aliphatic carbocycles. The van der Waals surface area contributed by atoms with Gasteiger partial charge in [-0.3, -0.25) is 0 Å². The molecule has 1 aliphatic rings. The van der Waals surface area contributed by atoms with E-state index in [1.54, 1.807) is 0 Å². The molecule has 0 fully saturated rings. The van der Waals surface area contributed by atoms with E-state index >= 15 is 0 Å². The van der Waals surface area contributed by atoms with Crippen LogP contribution >= 0.6 is 0 Å². The maximum atomic E-state index is 9.09. The molecule has 1 unspecified atom stereocenters. The summed E-state index contributed by atoms with van der Waals surface area (Å²) in [6.07, 6.45) is 5.85. The maximum Gasteiger partial charge on any atom is 0.0894 e. The van der Waals surface area contributed by atoms with Crippen molar-refractivity contribution in [2.45, 2.75) is 18.8 Å². The van der Waals surface area contributed by atoms with Crippen LogP contribution in [0.5, 0.6) is 0 Å². The van der Waals surface area contributed by atoms with E-state index in [0.29, 0.717) is 5.92 Å². The topological polar surface area (TPSA) is 46.0 Å². The molecule has 86 valence electrons. The molecular formula is C14H14N2O. The SMILES string of the molecule is OCCC1CC=Cc2nc3ccccc3nc21. The smallest absolute Gasteiger partial charge is 0.0894 e. The first kappa shape index (κ1) is 10.4. The largest absolute Gasteiger partial charge is 0.396 e. The predicted octanol–water partition coefficient (Wildman–Crippen LogP) is 2.51. The third kappa shape index (κ3) is 1.83. The van der Waals surface area contributed by atoms with E-state index in [1.807, 2.05) is 30.3 Å². The molecule has 0 aliphatic heterocycles. The van der Waals surface area contributed by atoms with E-state index in [0.717, 1.165) is 35.3 Å². The van der Waals surface area contributed by atoms with Crippen molar-refractivity contribution in [3.05, 3.63) is 41.7 Å². The number of benzene rings is 1. The van der Waals surface area contributed by atoms with E-state index in [2.05, 4.69) is 11.1 Å². The Morgan fingerprint density at radius 1 is 1.18 bits per heavy atom. The van der Waals surface area contributed by atoms with Crippen LogP contribution in [0, 0.1) is 0 Å². The van der Waals surface area contributed by atoms with Crippen molar-refractivity contribution < 1.29 is 5.11 Å². The maximum absolute atomic E-state index is 9.09. The molecule has 0 spiro atoms. The molecule has 3 rings (SSSR count). The quantitative estimate of drug-likeness (QED) is 0.855. The fraction of sp³-hybridized carbons (Fsp3) is 0.286. The molecule has 2 aromatic rings. The number of rotatable bonds is 2. The fourth-order valence-electron chi connectivity index (χ4n) is 2.32. The highest BCUT2D eigenvalue weighted by atomic mass is 16.3. The van der Waals surface area contributed by atoms with Gasteiger partial charge in [0.2, 0.25) is 0 Å². The summed E-state index contributed by atoms with van der Waals surface area (Å²) < 4.78 is 0. The van der Waals surface area contributed by atoms with Gasteiger partial charge in [0, 0.05) is 12.5 Å². The van der Waals surface area contributed by atoms with Crippen molar-refractivity contribution >= 4 is 17.1 Å². The fourth-order valence-corrected chi connectivity index (χ4v) is 2.32. The first-order chi connectivity index (χ1) is 8.38. The average molecular weight is 226 g/mol. The Balaban J connectivity index is 2.16. The zero-order valence-corrected chi connectivity index (χ0v) is 9.50. The standard InChI is InChI=1S/C14H14N2O/c17-9-8-10-4-3-7-13-14(10)16-12-6-2-1-5-11(12)15-13/h1-3,5-7,10,17H,4,8-9H2. The Hall–Kier alpha value is -1.74. The second kappa shape index (κ2) is 4.26. The molecule has 0 radical (unpaired) electrons. The van der Waals surface area contributed by atoms with Crippen LogP contribution in [0.2, 0.25) is 0 Å². The molecule has 1 N–H and O–H groups in total. The Morgan fingerprint density at radius 3 is 2.71 bits per heavy atom. The number of para-hydroxylation sites is 2. The third-order valence-electron chi connectivity index (χ3n) is 3.19. The third-order valence-corrected chi connectivity index (χ3v) is 3.19. The van der Waals surface area contributed by atoms with Gasteiger partial charge in [-0.2, -0.15) is 0 Å². The summed E-state index contributed by atoms with van der Waals surface area (Å²) in [7, 11) is 0. The highest BCUT2D eigenvalue weighted by Crippen LogP contribution is 2.30. The average Bonchev–Trinajstić information content (AvgIpc) is 2.37. The molecule has 1 aromatic heterocycles. The number of hydrogen-bond acceptors (Lipinski definition) is 3. The summed E-state index contributed by atoms with van der Waals surface area (Å²) in [6.45, 7) is 0.201. The number of hydrogen-bond donors (Lipinski definition) is 1. The van der Waals surface area contributed by atoms with Gasteiger partial charge in [-0.1, -0.05) is 18.2 Å². The Labute approximate surface area is 99.8 Å². The summed E-state index contributed by atoms with van der Waals surface area (Å²) in [5, 5.41) is 9.09. The van der Waals surface area contributed by atoms with E-state index in [-0.39, 0.29) is 6.61 Å². The van der Waals surface area contributed by atoms with Gasteiger partial charge in [0.1, 0.15) is 0 Å². The Bertz CT molecular complexity index is 577. The molecule has 17 heavy (non-hydrogen) atoms. The molecule has 3 heteroatoms. The van der Waals surface area contributed by atoms with Crippen LogP contribution in [-0.2, 0) is 0 Å². The number of aromatic nitrogens is 2. The molecule has 0 amide bonds. The minimum Gasteiger partial charge on any atom is -0.396 e. The van der Waals surface area contributed by atoms with Crippen LogP contribution in [0.15, 0.2) is 30.3 Å². The predicted molar refractivity (Wildman–Crippen MR) is 67.6 cm³/mol. The highest BCUT2D eigenvalue weighted by molar-refractivity contribution is 5.76. The van der Waals surface area contributed by atoms with E-state index in [4.69, 9.17) is 10.1 Å². The normalized spacial score (nSPS) is 18.3. The molecule has 3 nitrogen and oxygen atoms in total. The van der Waals surface area contributed by atoms with Crippen molar-refractivity contribution in [3.8, 4) is 0 Å². The molecule has 0 bridgehead atoms. The molecule has 0 saturated carbocycles. The summed E-state index contributed by atoms with van der Waals surface area (Å²) >= 11 is 0. The number of fused-ring (bicyclic) bond motifs is 2. The van der Waals surface area contributed by atoms with Gasteiger partial charge in [-0.05, 0) is 31.1 Å². The summed E-state index contributed by atoms with van der Waals surface area (Å²) in [6, 6.07) is 7.91. The van der Waals surface area contributed by atoms with Crippen molar-refractivity contribution in [3.63, 3.8) is 0 Å². The van der Waals surface area contributed by atoms with Gasteiger partial charge < -0.3 is 5.11 Å². The Morgan fingerprint density at radius 2 is 1.94 bits per heavy atom. The minimum atomic E-state index is 0.201. The summed E-state index contributed by atoms with van der Waals surface area (Å²) in [5.41, 5.74) is 3.85. The summed E-state index contributed by atoms with van der Waals surface area (Å²) in [5.74, 6) is 0.303. The zero-order valence-electron chi connectivity index (χ0n) is 9.50. The lowest BCUT2D eigenvalue weighted by molar-refractivity contribution is 0.274. The van der Waals surface area contributed by atoms with Gasteiger partial charge in [0.15, 0.2) is 0 Å². The van der Waals surface area contributed by atoms with Gasteiger partial charge in [-0.25, -0.2) is 9.97 Å². The lowest BCUT2D eigenvalue weighted by Crippen LogP contribution is -2.10. The van der Waals surface area contributed by atoms with Gasteiger partial charge in [-0.15, -0.1) is 0 Å². The van der Waals surface area contributed by atoms with Gasteiger partial charge in [0.25, 0.3) is 0 Å². The van der Waals surface area contributed by atoms with Crippen LogP contribution in [0.25, 0.3) is 17.1 Å². The van der Waals surface area contributed by atoms with E-state index in [9.17, 15) is 0 Å². The van der Waals surface area contributed by atoms with Crippen LogP contribution in [-0.4, -0.2) is 21.7 Å². The van der Waals surface area contributed by atoms with E-state index in [1.165, 1.54) is 0 Å². The Kier molecular flexibility index (Phi) is 2.61. The van der Waals surface area contributed by atoms with Gasteiger partial charge >= 0.3 is 0 Å². The molecule has 0 saturated heterocycles. The lowest BCUT2D eigenvalue weighted by atomic mass is 9.91. The van der Waals surface area contributed by atoms with Gasteiger partial charge in [0.05, 0.1) is 22.4 Å². The highest BCUT2D eigenvalue weighted by Gasteiger charge is 2.19. The molecule has 1 aromatic carbocycles. The van der Waals surface area contributed by atoms with Crippen molar-refractivity contribution in [2.75, 3.05) is 6.61 Å². The lowest BCUT2D eigenvalue weighted by Gasteiger charge is -2.19.